The lowest BCUT2D eigenvalue weighted by molar-refractivity contribution is -0.143. The summed E-state index contributed by atoms with van der Waals surface area (Å²) in [5, 5.41) is 3.46. The first-order valence-electron chi connectivity index (χ1n) is 8.81. The fourth-order valence-corrected chi connectivity index (χ4v) is 3.69. The summed E-state index contributed by atoms with van der Waals surface area (Å²) in [7, 11) is 0. The Bertz CT molecular complexity index is 611. The van der Waals surface area contributed by atoms with E-state index in [1.807, 2.05) is 30.0 Å². The second-order valence-corrected chi connectivity index (χ2v) is 6.78. The van der Waals surface area contributed by atoms with E-state index in [-0.39, 0.29) is 17.9 Å². The summed E-state index contributed by atoms with van der Waals surface area (Å²) >= 11 is 0. The molecule has 2 saturated heterocycles. The topological polar surface area (TPSA) is 65.5 Å². The summed E-state index contributed by atoms with van der Waals surface area (Å²) in [6.07, 6.45) is 3.54. The zero-order valence-electron chi connectivity index (χ0n) is 14.5. The number of rotatable bonds is 3. The van der Waals surface area contributed by atoms with Crippen LogP contribution in [0.4, 0.5) is 5.82 Å². The number of aryl methyl sites for hydroxylation is 1. The lowest BCUT2D eigenvalue weighted by Gasteiger charge is -2.35. The molecule has 1 N–H and O–H groups in total. The lowest BCUT2D eigenvalue weighted by Crippen LogP contribution is -2.50. The first-order chi connectivity index (χ1) is 11.5. The molecule has 3 heterocycles. The Morgan fingerprint density at radius 1 is 1.17 bits per heavy atom. The third-order valence-corrected chi connectivity index (χ3v) is 4.99. The van der Waals surface area contributed by atoms with Crippen molar-refractivity contribution in [1.82, 2.24) is 14.8 Å². The average molecular weight is 330 g/mol. The Labute approximate surface area is 143 Å². The van der Waals surface area contributed by atoms with E-state index in [1.54, 1.807) is 11.8 Å². The van der Waals surface area contributed by atoms with E-state index >= 15 is 0 Å². The zero-order chi connectivity index (χ0) is 17.1. The number of likely N-dealkylation sites (tertiary alicyclic amines) is 2. The van der Waals surface area contributed by atoms with Gasteiger partial charge in [-0.25, -0.2) is 4.98 Å². The molecule has 0 spiro atoms. The van der Waals surface area contributed by atoms with E-state index in [4.69, 9.17) is 0 Å². The number of hydrogen-bond donors (Lipinski definition) is 1. The number of hydrogen-bond acceptors (Lipinski definition) is 4. The van der Waals surface area contributed by atoms with E-state index in [0.717, 1.165) is 50.3 Å². The van der Waals surface area contributed by atoms with Crippen molar-refractivity contribution in [1.29, 1.82) is 0 Å². The van der Waals surface area contributed by atoms with Crippen molar-refractivity contribution >= 4 is 17.6 Å². The molecule has 0 aliphatic carbocycles. The minimum atomic E-state index is -0.245. The Hall–Kier alpha value is -2.11. The highest BCUT2D eigenvalue weighted by Gasteiger charge is 2.36. The van der Waals surface area contributed by atoms with Crippen LogP contribution in [0.3, 0.4) is 0 Å². The van der Waals surface area contributed by atoms with Gasteiger partial charge in [0.05, 0.1) is 0 Å². The Morgan fingerprint density at radius 2 is 1.92 bits per heavy atom. The summed E-state index contributed by atoms with van der Waals surface area (Å²) in [5.74, 6) is 1.03. The predicted octanol–water partition coefficient (Wildman–Crippen LogP) is 1.80. The molecule has 0 saturated carbocycles. The molecule has 2 aliphatic rings. The summed E-state index contributed by atoms with van der Waals surface area (Å²) in [5.41, 5.74) is 0.998. The minimum absolute atomic E-state index is 0.00734. The Kier molecular flexibility index (Phi) is 5.02. The van der Waals surface area contributed by atoms with Crippen LogP contribution in [0.15, 0.2) is 18.2 Å². The normalized spacial score (nSPS) is 21.8. The molecule has 0 radical (unpaired) electrons. The van der Waals surface area contributed by atoms with Crippen molar-refractivity contribution in [3.8, 4) is 0 Å². The molecule has 1 atom stereocenters. The number of aromatic nitrogens is 1. The van der Waals surface area contributed by atoms with Gasteiger partial charge in [0.15, 0.2) is 0 Å². The largest absolute Gasteiger partial charge is 0.367 e. The highest BCUT2D eigenvalue weighted by atomic mass is 16.2. The Morgan fingerprint density at radius 3 is 2.58 bits per heavy atom. The fraction of sp³-hybridized carbons (Fsp3) is 0.611. The molecule has 6 nitrogen and oxygen atoms in total. The highest BCUT2D eigenvalue weighted by molar-refractivity contribution is 5.87. The van der Waals surface area contributed by atoms with Crippen LogP contribution in [-0.2, 0) is 9.59 Å². The number of anilines is 1. The minimum Gasteiger partial charge on any atom is -0.367 e. The van der Waals surface area contributed by atoms with E-state index < -0.39 is 0 Å². The maximum atomic E-state index is 12.7. The number of piperidine rings is 1. The maximum absolute atomic E-state index is 12.7. The van der Waals surface area contributed by atoms with Crippen LogP contribution in [0.5, 0.6) is 0 Å². The van der Waals surface area contributed by atoms with Crippen LogP contribution in [0.1, 0.15) is 38.3 Å². The van der Waals surface area contributed by atoms with Crippen molar-refractivity contribution in [3.05, 3.63) is 23.9 Å². The van der Waals surface area contributed by atoms with Gasteiger partial charge in [-0.05, 0) is 44.7 Å². The molecule has 0 bridgehead atoms. The van der Waals surface area contributed by atoms with Crippen LogP contribution in [-0.4, -0.2) is 58.3 Å². The molecule has 3 rings (SSSR count). The van der Waals surface area contributed by atoms with Crippen molar-refractivity contribution in [3.63, 3.8) is 0 Å². The standard InChI is InChI=1S/C18H26N4O2/c1-13-5-3-7-17(19-13)20-15-8-11-21(12-9-15)18(24)16-6-4-10-22(16)14(2)23/h3,5,7,15-16H,4,6,8-12H2,1-2H3,(H,19,20). The molecule has 2 aliphatic heterocycles. The summed E-state index contributed by atoms with van der Waals surface area (Å²) in [6.45, 7) is 5.73. The summed E-state index contributed by atoms with van der Waals surface area (Å²) in [6, 6.07) is 6.06. The first kappa shape index (κ1) is 16.7. The SMILES string of the molecule is CC(=O)N1CCCC1C(=O)N1CCC(Nc2cccc(C)n2)CC1. The zero-order valence-corrected chi connectivity index (χ0v) is 14.5. The van der Waals surface area contributed by atoms with Crippen molar-refractivity contribution < 1.29 is 9.59 Å². The molecule has 6 heteroatoms. The predicted molar refractivity (Wildman–Crippen MR) is 92.6 cm³/mol. The fourth-order valence-electron chi connectivity index (χ4n) is 3.69. The molecule has 24 heavy (non-hydrogen) atoms. The van der Waals surface area contributed by atoms with Crippen LogP contribution >= 0.6 is 0 Å². The van der Waals surface area contributed by atoms with Crippen LogP contribution in [0.25, 0.3) is 0 Å². The van der Waals surface area contributed by atoms with Gasteiger partial charge < -0.3 is 15.1 Å². The Balaban J connectivity index is 1.53. The quantitative estimate of drug-likeness (QED) is 0.918. The number of carbonyl (C=O) groups is 2. The van der Waals surface area contributed by atoms with Gasteiger partial charge in [-0.15, -0.1) is 0 Å². The van der Waals surface area contributed by atoms with Crippen LogP contribution < -0.4 is 5.32 Å². The van der Waals surface area contributed by atoms with Crippen LogP contribution in [0.2, 0.25) is 0 Å². The van der Waals surface area contributed by atoms with Crippen LogP contribution in [0, 0.1) is 6.92 Å². The van der Waals surface area contributed by atoms with Crippen molar-refractivity contribution in [2.75, 3.05) is 25.0 Å². The van der Waals surface area contributed by atoms with Gasteiger partial charge in [-0.3, -0.25) is 9.59 Å². The van der Waals surface area contributed by atoms with E-state index in [9.17, 15) is 9.59 Å². The van der Waals surface area contributed by atoms with E-state index in [0.29, 0.717) is 12.6 Å². The molecule has 1 aromatic heterocycles. The average Bonchev–Trinajstić information content (AvgIpc) is 3.05. The molecule has 2 fully saturated rings. The van der Waals surface area contributed by atoms with Gasteiger partial charge in [0, 0.05) is 38.3 Å². The van der Waals surface area contributed by atoms with Gasteiger partial charge in [0.25, 0.3) is 0 Å². The molecule has 1 unspecified atom stereocenters. The lowest BCUT2D eigenvalue weighted by atomic mass is 10.0. The molecule has 130 valence electrons. The molecule has 0 aromatic carbocycles. The third-order valence-electron chi connectivity index (χ3n) is 4.99. The number of nitrogens with one attached hydrogen (secondary N) is 1. The number of nitrogens with zero attached hydrogens (tertiary/aromatic N) is 3. The number of carbonyl (C=O) groups excluding carboxylic acids is 2. The molecular weight excluding hydrogens is 304 g/mol. The molecule has 2 amide bonds. The van der Waals surface area contributed by atoms with Gasteiger partial charge in [0.2, 0.25) is 11.8 Å². The monoisotopic (exact) mass is 330 g/mol. The highest BCUT2D eigenvalue weighted by Crippen LogP contribution is 2.22. The number of amides is 2. The second kappa shape index (κ2) is 7.20. The first-order valence-corrected chi connectivity index (χ1v) is 8.81. The maximum Gasteiger partial charge on any atom is 0.245 e. The summed E-state index contributed by atoms with van der Waals surface area (Å²) < 4.78 is 0. The third kappa shape index (κ3) is 3.68. The van der Waals surface area contributed by atoms with E-state index in [2.05, 4.69) is 10.3 Å². The van der Waals surface area contributed by atoms with Gasteiger partial charge in [-0.2, -0.15) is 0 Å². The summed E-state index contributed by atoms with van der Waals surface area (Å²) in [4.78, 5) is 32.5. The second-order valence-electron chi connectivity index (χ2n) is 6.78. The van der Waals surface area contributed by atoms with Crippen molar-refractivity contribution in [2.24, 2.45) is 0 Å². The molecule has 1 aromatic rings. The van der Waals surface area contributed by atoms with Gasteiger partial charge >= 0.3 is 0 Å². The smallest absolute Gasteiger partial charge is 0.245 e. The van der Waals surface area contributed by atoms with Gasteiger partial charge in [-0.1, -0.05) is 6.07 Å². The number of pyridine rings is 1. The van der Waals surface area contributed by atoms with Crippen molar-refractivity contribution in [2.45, 2.75) is 51.6 Å². The molecular formula is C18H26N4O2. The van der Waals surface area contributed by atoms with E-state index in [1.165, 1.54) is 0 Å². The van der Waals surface area contributed by atoms with Gasteiger partial charge in [0.1, 0.15) is 11.9 Å².